The molecule has 108 valence electrons. The Labute approximate surface area is 128 Å². The fourth-order valence-corrected chi connectivity index (χ4v) is 3.57. The van der Waals surface area contributed by atoms with E-state index in [1.807, 2.05) is 13.8 Å². The van der Waals surface area contributed by atoms with E-state index in [0.29, 0.717) is 10.6 Å². The Balaban J connectivity index is 2.50. The Morgan fingerprint density at radius 1 is 1.40 bits per heavy atom. The highest BCUT2D eigenvalue weighted by Crippen LogP contribution is 2.33. The van der Waals surface area contributed by atoms with Crippen molar-refractivity contribution in [3.05, 3.63) is 50.2 Å². The summed E-state index contributed by atoms with van der Waals surface area (Å²) in [7, 11) is 0. The fourth-order valence-electron chi connectivity index (χ4n) is 2.21. The second kappa shape index (κ2) is 6.66. The minimum absolute atomic E-state index is 0.294. The molecule has 1 unspecified atom stereocenters. The summed E-state index contributed by atoms with van der Waals surface area (Å²) in [4.78, 5) is 5.82. The van der Waals surface area contributed by atoms with E-state index in [1.54, 1.807) is 23.5 Å². The number of aryl methyl sites for hydroxylation is 2. The maximum Gasteiger partial charge on any atom is 0.129 e. The van der Waals surface area contributed by atoms with Crippen molar-refractivity contribution >= 4 is 22.9 Å². The summed E-state index contributed by atoms with van der Waals surface area (Å²) in [6.07, 6.45) is 0.881. The molecule has 0 fully saturated rings. The van der Waals surface area contributed by atoms with Crippen molar-refractivity contribution in [2.75, 3.05) is 6.54 Å². The average molecular weight is 313 g/mol. The van der Waals surface area contributed by atoms with Gasteiger partial charge < -0.3 is 5.32 Å². The highest BCUT2D eigenvalue weighted by Gasteiger charge is 2.23. The first kappa shape index (κ1) is 15.4. The number of aromatic nitrogens is 1. The van der Waals surface area contributed by atoms with Crippen LogP contribution in [0.4, 0.5) is 4.39 Å². The molecule has 2 nitrogen and oxygen atoms in total. The number of nitrogens with zero attached hydrogens (tertiary/aromatic N) is 1. The van der Waals surface area contributed by atoms with Crippen molar-refractivity contribution in [1.82, 2.24) is 10.3 Å². The molecule has 0 saturated heterocycles. The van der Waals surface area contributed by atoms with Crippen LogP contribution in [0.1, 0.15) is 41.0 Å². The molecule has 0 aliphatic rings. The van der Waals surface area contributed by atoms with Gasteiger partial charge in [-0.15, -0.1) is 11.3 Å². The molecule has 0 spiro atoms. The maximum atomic E-state index is 14.2. The highest BCUT2D eigenvalue weighted by atomic mass is 35.5. The highest BCUT2D eigenvalue weighted by molar-refractivity contribution is 7.11. The summed E-state index contributed by atoms with van der Waals surface area (Å²) in [5.41, 5.74) is 1.55. The van der Waals surface area contributed by atoms with Crippen molar-refractivity contribution in [2.24, 2.45) is 0 Å². The van der Waals surface area contributed by atoms with E-state index in [-0.39, 0.29) is 11.9 Å². The summed E-state index contributed by atoms with van der Waals surface area (Å²) in [6.45, 7) is 6.83. The summed E-state index contributed by atoms with van der Waals surface area (Å²) >= 11 is 7.79. The summed E-state index contributed by atoms with van der Waals surface area (Å²) in [5, 5.41) is 4.59. The Morgan fingerprint density at radius 3 is 2.70 bits per heavy atom. The monoisotopic (exact) mass is 312 g/mol. The zero-order valence-electron chi connectivity index (χ0n) is 11.8. The van der Waals surface area contributed by atoms with Gasteiger partial charge in [0, 0.05) is 15.5 Å². The van der Waals surface area contributed by atoms with Crippen LogP contribution in [-0.4, -0.2) is 11.5 Å². The van der Waals surface area contributed by atoms with Gasteiger partial charge in [0.05, 0.1) is 11.7 Å². The molecule has 0 bridgehead atoms. The van der Waals surface area contributed by atoms with Crippen molar-refractivity contribution < 1.29 is 4.39 Å². The Bertz CT molecular complexity index is 577. The van der Waals surface area contributed by atoms with Crippen molar-refractivity contribution in [1.29, 1.82) is 0 Å². The smallest absolute Gasteiger partial charge is 0.129 e. The predicted molar refractivity (Wildman–Crippen MR) is 83.2 cm³/mol. The van der Waals surface area contributed by atoms with E-state index in [4.69, 9.17) is 11.6 Å². The maximum absolute atomic E-state index is 14.2. The average Bonchev–Trinajstić information content (AvgIpc) is 2.78. The van der Waals surface area contributed by atoms with Gasteiger partial charge in [0.15, 0.2) is 0 Å². The molecule has 1 aromatic carbocycles. The largest absolute Gasteiger partial charge is 0.304 e. The van der Waals surface area contributed by atoms with Gasteiger partial charge in [-0.2, -0.15) is 0 Å². The molecule has 1 atom stereocenters. The zero-order valence-corrected chi connectivity index (χ0v) is 13.4. The number of hydrogen-bond donors (Lipinski definition) is 1. The van der Waals surface area contributed by atoms with E-state index < -0.39 is 0 Å². The molecule has 2 rings (SSSR count). The zero-order chi connectivity index (χ0) is 14.7. The predicted octanol–water partition coefficient (Wildman–Crippen LogP) is 4.51. The van der Waals surface area contributed by atoms with Gasteiger partial charge in [0.25, 0.3) is 0 Å². The van der Waals surface area contributed by atoms with Crippen LogP contribution in [0.5, 0.6) is 0 Å². The number of halogens is 2. The molecule has 0 aliphatic heterocycles. The molecule has 5 heteroatoms. The normalized spacial score (nSPS) is 12.7. The third-order valence-corrected chi connectivity index (χ3v) is 4.60. The van der Waals surface area contributed by atoms with Gasteiger partial charge in [-0.05, 0) is 32.0 Å². The topological polar surface area (TPSA) is 24.9 Å². The van der Waals surface area contributed by atoms with Crippen LogP contribution in [0.2, 0.25) is 5.02 Å². The van der Waals surface area contributed by atoms with E-state index in [1.165, 1.54) is 10.9 Å². The Morgan fingerprint density at radius 2 is 2.15 bits per heavy atom. The quantitative estimate of drug-likeness (QED) is 0.879. The molecular formula is C15H18ClFN2S. The van der Waals surface area contributed by atoms with Gasteiger partial charge in [-0.1, -0.05) is 31.5 Å². The molecule has 1 heterocycles. The first-order valence-corrected chi connectivity index (χ1v) is 7.91. The third kappa shape index (κ3) is 3.03. The number of rotatable bonds is 5. The van der Waals surface area contributed by atoms with Gasteiger partial charge in [-0.3, -0.25) is 0 Å². The molecule has 0 saturated carbocycles. The van der Waals surface area contributed by atoms with Gasteiger partial charge in [0.2, 0.25) is 0 Å². The second-order valence-electron chi connectivity index (χ2n) is 4.53. The number of nitrogens with one attached hydrogen (secondary N) is 1. The van der Waals surface area contributed by atoms with Crippen molar-refractivity contribution in [3.8, 4) is 0 Å². The SMILES string of the molecule is CCNC(c1nc(CC)c(C)s1)c1c(F)cccc1Cl. The first-order valence-electron chi connectivity index (χ1n) is 6.71. The lowest BCUT2D eigenvalue weighted by Crippen LogP contribution is -2.23. The van der Waals surface area contributed by atoms with E-state index in [9.17, 15) is 4.39 Å². The van der Waals surface area contributed by atoms with Crippen LogP contribution < -0.4 is 5.32 Å². The van der Waals surface area contributed by atoms with E-state index in [2.05, 4.69) is 17.2 Å². The second-order valence-corrected chi connectivity index (χ2v) is 6.18. The molecular weight excluding hydrogens is 295 g/mol. The van der Waals surface area contributed by atoms with Crippen LogP contribution in [0, 0.1) is 12.7 Å². The summed E-state index contributed by atoms with van der Waals surface area (Å²) < 4.78 is 14.2. The minimum atomic E-state index is -0.297. The Hall–Kier alpha value is -0.970. The van der Waals surface area contributed by atoms with E-state index in [0.717, 1.165) is 23.7 Å². The molecule has 20 heavy (non-hydrogen) atoms. The number of benzene rings is 1. The standard InChI is InChI=1S/C15H18ClFN2S/c1-4-12-9(3)20-15(19-12)14(18-5-2)13-10(16)7-6-8-11(13)17/h6-8,14,18H,4-5H2,1-3H3. The molecule has 2 aromatic rings. The molecule has 0 amide bonds. The van der Waals surface area contributed by atoms with Crippen LogP contribution in [0.3, 0.4) is 0 Å². The summed E-state index contributed by atoms with van der Waals surface area (Å²) in [6, 6.07) is 4.48. The van der Waals surface area contributed by atoms with Crippen molar-refractivity contribution in [3.63, 3.8) is 0 Å². The van der Waals surface area contributed by atoms with Crippen LogP contribution in [0.15, 0.2) is 18.2 Å². The first-order chi connectivity index (χ1) is 9.58. The van der Waals surface area contributed by atoms with E-state index >= 15 is 0 Å². The third-order valence-electron chi connectivity index (χ3n) is 3.19. The molecule has 0 aliphatic carbocycles. The van der Waals surface area contributed by atoms with Gasteiger partial charge in [-0.25, -0.2) is 9.37 Å². The number of hydrogen-bond acceptors (Lipinski definition) is 3. The summed E-state index contributed by atoms with van der Waals surface area (Å²) in [5.74, 6) is -0.297. The lowest BCUT2D eigenvalue weighted by molar-refractivity contribution is 0.557. The van der Waals surface area contributed by atoms with Crippen molar-refractivity contribution in [2.45, 2.75) is 33.2 Å². The molecule has 0 radical (unpaired) electrons. The minimum Gasteiger partial charge on any atom is -0.304 e. The van der Waals surface area contributed by atoms with Crippen LogP contribution in [-0.2, 0) is 6.42 Å². The van der Waals surface area contributed by atoms with Gasteiger partial charge >= 0.3 is 0 Å². The van der Waals surface area contributed by atoms with Crippen LogP contribution in [0.25, 0.3) is 0 Å². The lowest BCUT2D eigenvalue weighted by atomic mass is 10.1. The lowest BCUT2D eigenvalue weighted by Gasteiger charge is -2.18. The molecule has 1 aromatic heterocycles. The fraction of sp³-hybridized carbons (Fsp3) is 0.400. The molecule has 1 N–H and O–H groups in total. The Kier molecular flexibility index (Phi) is 5.13. The number of thiazole rings is 1. The van der Waals surface area contributed by atoms with Gasteiger partial charge in [0.1, 0.15) is 10.8 Å². The van der Waals surface area contributed by atoms with Crippen LogP contribution >= 0.6 is 22.9 Å².